The molecule has 3 heteroatoms. The Morgan fingerprint density at radius 2 is 2.15 bits per heavy atom. The van der Waals surface area contributed by atoms with Crippen molar-refractivity contribution >= 4 is 11.8 Å². The van der Waals surface area contributed by atoms with Gasteiger partial charge in [0, 0.05) is 23.6 Å². The number of hydrogen-bond acceptors (Lipinski definition) is 3. The molecule has 78 valence electrons. The second-order valence-corrected chi connectivity index (χ2v) is 5.50. The molecule has 13 heavy (non-hydrogen) atoms. The molecule has 0 amide bonds. The van der Waals surface area contributed by atoms with Crippen LogP contribution >= 0.6 is 11.8 Å². The molecule has 0 aromatic rings. The molecule has 2 unspecified atom stereocenters. The van der Waals surface area contributed by atoms with Gasteiger partial charge in [0.2, 0.25) is 0 Å². The Labute approximate surface area is 86.5 Å². The predicted octanol–water partition coefficient (Wildman–Crippen LogP) is 1.42. The minimum absolute atomic E-state index is 0.789. The third kappa shape index (κ3) is 4.34. The Morgan fingerprint density at radius 1 is 1.38 bits per heavy atom. The van der Waals surface area contributed by atoms with Gasteiger partial charge in [0.25, 0.3) is 0 Å². The van der Waals surface area contributed by atoms with Crippen LogP contribution in [-0.2, 0) is 0 Å². The van der Waals surface area contributed by atoms with Crippen LogP contribution < -0.4 is 5.32 Å². The highest BCUT2D eigenvalue weighted by atomic mass is 32.2. The van der Waals surface area contributed by atoms with Crippen molar-refractivity contribution in [1.29, 1.82) is 0 Å². The van der Waals surface area contributed by atoms with Crippen molar-refractivity contribution in [2.75, 3.05) is 33.4 Å². The number of rotatable bonds is 5. The van der Waals surface area contributed by atoms with Crippen LogP contribution in [0.15, 0.2) is 0 Å². The van der Waals surface area contributed by atoms with Crippen molar-refractivity contribution in [3.63, 3.8) is 0 Å². The zero-order valence-electron chi connectivity index (χ0n) is 9.05. The summed E-state index contributed by atoms with van der Waals surface area (Å²) in [5.41, 5.74) is 0. The molecule has 0 spiro atoms. The lowest BCUT2D eigenvalue weighted by Crippen LogP contribution is -2.22. The Balaban J connectivity index is 2.03. The number of nitrogens with one attached hydrogen (secondary N) is 1. The molecule has 1 rings (SSSR count). The summed E-state index contributed by atoms with van der Waals surface area (Å²) in [6, 6.07) is 0.789. The number of thioether (sulfide) groups is 1. The van der Waals surface area contributed by atoms with Gasteiger partial charge in [-0.3, -0.25) is 0 Å². The van der Waals surface area contributed by atoms with E-state index in [1.54, 1.807) is 0 Å². The Morgan fingerprint density at radius 3 is 2.69 bits per heavy atom. The Kier molecular flexibility index (Phi) is 5.14. The van der Waals surface area contributed by atoms with E-state index in [2.05, 4.69) is 43.1 Å². The van der Waals surface area contributed by atoms with E-state index in [0.29, 0.717) is 0 Å². The van der Waals surface area contributed by atoms with Crippen LogP contribution in [0.1, 0.15) is 19.3 Å². The maximum Gasteiger partial charge on any atom is 0.00750 e. The van der Waals surface area contributed by atoms with Gasteiger partial charge in [-0.2, -0.15) is 11.8 Å². The second kappa shape index (κ2) is 5.89. The average Bonchev–Trinajstić information content (AvgIpc) is 2.52. The molecular formula is C10H22N2S. The van der Waals surface area contributed by atoms with E-state index >= 15 is 0 Å². The molecule has 1 N–H and O–H groups in total. The van der Waals surface area contributed by atoms with Gasteiger partial charge in [0.05, 0.1) is 0 Å². The van der Waals surface area contributed by atoms with Gasteiger partial charge < -0.3 is 10.2 Å². The van der Waals surface area contributed by atoms with Crippen LogP contribution in [0.3, 0.4) is 0 Å². The summed E-state index contributed by atoms with van der Waals surface area (Å²) in [6.45, 7) is 1.21. The predicted molar refractivity (Wildman–Crippen MR) is 61.5 cm³/mol. The highest BCUT2D eigenvalue weighted by molar-refractivity contribution is 7.99. The normalized spacial score (nSPS) is 28.6. The van der Waals surface area contributed by atoms with Crippen molar-refractivity contribution in [1.82, 2.24) is 10.2 Å². The summed E-state index contributed by atoms with van der Waals surface area (Å²) in [6.07, 6.45) is 4.15. The first kappa shape index (κ1) is 11.3. The molecule has 0 aliphatic heterocycles. The summed E-state index contributed by atoms with van der Waals surface area (Å²) < 4.78 is 0. The zero-order chi connectivity index (χ0) is 9.68. The third-order valence-electron chi connectivity index (χ3n) is 2.68. The first-order valence-electron chi connectivity index (χ1n) is 5.16. The molecule has 1 fully saturated rings. The lowest BCUT2D eigenvalue weighted by Gasteiger charge is -2.13. The van der Waals surface area contributed by atoms with Gasteiger partial charge in [0.1, 0.15) is 0 Å². The molecule has 1 aliphatic rings. The molecule has 0 radical (unpaired) electrons. The van der Waals surface area contributed by atoms with Gasteiger partial charge in [-0.05, 0) is 40.4 Å². The van der Waals surface area contributed by atoms with Gasteiger partial charge in [-0.25, -0.2) is 0 Å². The third-order valence-corrected chi connectivity index (χ3v) is 4.00. The van der Waals surface area contributed by atoms with E-state index in [1.165, 1.54) is 31.6 Å². The van der Waals surface area contributed by atoms with Crippen LogP contribution in [0, 0.1) is 0 Å². The number of hydrogen-bond donors (Lipinski definition) is 1. The van der Waals surface area contributed by atoms with E-state index in [1.807, 2.05) is 0 Å². The fraction of sp³-hybridized carbons (Fsp3) is 1.00. The maximum absolute atomic E-state index is 3.37. The molecule has 0 aromatic carbocycles. The molecule has 1 saturated carbocycles. The summed E-state index contributed by atoms with van der Waals surface area (Å²) in [4.78, 5) is 2.26. The lowest BCUT2D eigenvalue weighted by molar-refractivity contribution is 0.437. The quantitative estimate of drug-likeness (QED) is 0.726. The lowest BCUT2D eigenvalue weighted by atomic mass is 10.3. The Bertz CT molecular complexity index is 139. The van der Waals surface area contributed by atoms with E-state index in [0.717, 1.165) is 11.3 Å². The fourth-order valence-electron chi connectivity index (χ4n) is 1.76. The first-order valence-corrected chi connectivity index (χ1v) is 6.21. The molecule has 0 bridgehead atoms. The smallest absolute Gasteiger partial charge is 0.00750 e. The van der Waals surface area contributed by atoms with Crippen molar-refractivity contribution in [3.8, 4) is 0 Å². The van der Waals surface area contributed by atoms with E-state index in [4.69, 9.17) is 0 Å². The summed E-state index contributed by atoms with van der Waals surface area (Å²) in [5.74, 6) is 1.29. The molecule has 1 aliphatic carbocycles. The van der Waals surface area contributed by atoms with Gasteiger partial charge in [-0.15, -0.1) is 0 Å². The van der Waals surface area contributed by atoms with Gasteiger partial charge in [0.15, 0.2) is 0 Å². The zero-order valence-corrected chi connectivity index (χ0v) is 9.86. The fourth-order valence-corrected chi connectivity index (χ4v) is 3.23. The van der Waals surface area contributed by atoms with Crippen molar-refractivity contribution in [2.24, 2.45) is 0 Å². The van der Waals surface area contributed by atoms with Crippen LogP contribution in [0.5, 0.6) is 0 Å². The molecule has 0 saturated heterocycles. The van der Waals surface area contributed by atoms with Crippen molar-refractivity contribution in [3.05, 3.63) is 0 Å². The van der Waals surface area contributed by atoms with Crippen molar-refractivity contribution in [2.45, 2.75) is 30.6 Å². The molecule has 2 nitrogen and oxygen atoms in total. The minimum atomic E-state index is 0.789. The van der Waals surface area contributed by atoms with Crippen LogP contribution in [0.4, 0.5) is 0 Å². The van der Waals surface area contributed by atoms with Crippen LogP contribution in [-0.4, -0.2) is 49.6 Å². The minimum Gasteiger partial charge on any atom is -0.317 e. The highest BCUT2D eigenvalue weighted by Crippen LogP contribution is 2.29. The largest absolute Gasteiger partial charge is 0.317 e. The summed E-state index contributed by atoms with van der Waals surface area (Å²) in [7, 11) is 6.37. The molecule has 0 heterocycles. The van der Waals surface area contributed by atoms with Gasteiger partial charge >= 0.3 is 0 Å². The summed E-state index contributed by atoms with van der Waals surface area (Å²) >= 11 is 2.15. The monoisotopic (exact) mass is 202 g/mol. The maximum atomic E-state index is 3.37. The molecule has 0 aromatic heterocycles. The average molecular weight is 202 g/mol. The SMILES string of the molecule is CNC1CCC(SCCN(C)C)C1. The van der Waals surface area contributed by atoms with Gasteiger partial charge in [-0.1, -0.05) is 0 Å². The molecule has 2 atom stereocenters. The van der Waals surface area contributed by atoms with E-state index in [9.17, 15) is 0 Å². The van der Waals surface area contributed by atoms with E-state index in [-0.39, 0.29) is 0 Å². The standard InChI is InChI=1S/C10H22N2S/c1-11-9-4-5-10(8-9)13-7-6-12(2)3/h9-11H,4-8H2,1-3H3. The topological polar surface area (TPSA) is 15.3 Å². The summed E-state index contributed by atoms with van der Waals surface area (Å²) in [5, 5.41) is 4.28. The van der Waals surface area contributed by atoms with Crippen LogP contribution in [0.2, 0.25) is 0 Å². The van der Waals surface area contributed by atoms with Crippen LogP contribution in [0.25, 0.3) is 0 Å². The second-order valence-electron chi connectivity index (χ2n) is 4.09. The molecular weight excluding hydrogens is 180 g/mol. The first-order chi connectivity index (χ1) is 6.22. The van der Waals surface area contributed by atoms with E-state index < -0.39 is 0 Å². The Hall–Kier alpha value is 0.270. The van der Waals surface area contributed by atoms with Crippen molar-refractivity contribution < 1.29 is 0 Å². The number of nitrogens with zero attached hydrogens (tertiary/aromatic N) is 1. The highest BCUT2D eigenvalue weighted by Gasteiger charge is 2.23.